The van der Waals surface area contributed by atoms with Gasteiger partial charge in [0.1, 0.15) is 6.10 Å². The number of rotatable bonds is 2. The highest BCUT2D eigenvalue weighted by atomic mass is 127. The Labute approximate surface area is 298 Å². The van der Waals surface area contributed by atoms with Crippen LogP contribution in [0.15, 0.2) is 11.6 Å². The van der Waals surface area contributed by atoms with Crippen LogP contribution in [0.3, 0.4) is 0 Å². The van der Waals surface area contributed by atoms with Crippen LogP contribution in [0.25, 0.3) is 0 Å². The second-order valence-corrected chi connectivity index (χ2v) is 20.0. The largest absolute Gasteiger partial charge is 1.00 e. The SMILES string of the molecule is CC(=O)O[C@H]1CC[C@]2(C)[C@H]3CC=C4[C@@H]5CC(C)(C)CC[C@]5(C(=O)N5CC6CC[N+](C)(CC6)C5)CC[C@@]4(C)[C@]3(C)CC[C@H]2C1(C)C.[I-]. The Bertz CT molecular complexity index is 1280. The van der Waals surface area contributed by atoms with Crippen molar-refractivity contribution in [3.8, 4) is 0 Å². The van der Waals surface area contributed by atoms with Crippen LogP contribution >= 0.6 is 0 Å². The van der Waals surface area contributed by atoms with Crippen molar-refractivity contribution >= 4 is 11.9 Å². The van der Waals surface area contributed by atoms with Crippen LogP contribution in [-0.2, 0) is 14.3 Å². The van der Waals surface area contributed by atoms with Crippen molar-refractivity contribution in [3.63, 3.8) is 0 Å². The standard InChI is InChI=1S/C40H65N2O3.HI/c1-27(43)45-33-13-16-37(6)31(36(33,4)5)12-17-39(8)32(37)11-10-29-30-24-35(2,3)18-20-40(30,21-19-38(29,39)7)34(44)41-25-28-14-22-42(9,26-41)23-15-28;/h10,28,30-33H,11-26H2,1-9H3;1H/q+1;/p-1/t28?,30-,31-,32+,33-,37-,38+,39+,40-,42?;/m0./s1. The Morgan fingerprint density at radius 1 is 0.870 bits per heavy atom. The first-order valence-corrected chi connectivity index (χ1v) is 18.9. The van der Waals surface area contributed by atoms with Crippen molar-refractivity contribution in [1.29, 1.82) is 0 Å². The molecule has 2 bridgehead atoms. The molecule has 0 aromatic rings. The lowest BCUT2D eigenvalue weighted by atomic mass is 9.33. The van der Waals surface area contributed by atoms with E-state index in [1.165, 1.54) is 45.2 Å². The Hall–Kier alpha value is -0.630. The molecular weight excluding hydrogens is 683 g/mol. The first-order valence-electron chi connectivity index (χ1n) is 18.9. The molecule has 3 saturated heterocycles. The van der Waals surface area contributed by atoms with Gasteiger partial charge in [-0.1, -0.05) is 60.1 Å². The summed E-state index contributed by atoms with van der Waals surface area (Å²) in [5, 5.41) is 0. The van der Waals surface area contributed by atoms with Gasteiger partial charge in [-0.2, -0.15) is 0 Å². The number of carbonyl (C=O) groups is 2. The molecule has 0 aromatic carbocycles. The van der Waals surface area contributed by atoms with Crippen LogP contribution in [0.1, 0.15) is 132 Å². The maximum atomic E-state index is 15.1. The fourth-order valence-corrected chi connectivity index (χ4v) is 13.8. The van der Waals surface area contributed by atoms with E-state index in [1.54, 1.807) is 12.5 Å². The molecule has 8 rings (SSSR count). The highest BCUT2D eigenvalue weighted by Gasteiger charge is 2.69. The smallest absolute Gasteiger partial charge is 0.302 e. The monoisotopic (exact) mass is 748 g/mol. The molecule has 8 aliphatic rings. The van der Waals surface area contributed by atoms with E-state index in [9.17, 15) is 4.79 Å². The number of amides is 1. The predicted molar refractivity (Wildman–Crippen MR) is 180 cm³/mol. The van der Waals surface area contributed by atoms with Crippen molar-refractivity contribution in [3.05, 3.63) is 11.6 Å². The molecule has 260 valence electrons. The molecule has 0 spiro atoms. The predicted octanol–water partition coefficient (Wildman–Crippen LogP) is 5.38. The van der Waals surface area contributed by atoms with Gasteiger partial charge in [-0.3, -0.25) is 14.5 Å². The number of quaternary nitrogens is 1. The number of allylic oxidation sites excluding steroid dienone is 2. The highest BCUT2D eigenvalue weighted by Crippen LogP contribution is 2.76. The molecule has 1 amide bonds. The van der Waals surface area contributed by atoms with Crippen LogP contribution in [0, 0.1) is 56.2 Å². The van der Waals surface area contributed by atoms with Gasteiger partial charge in [0.25, 0.3) is 0 Å². The Balaban J connectivity index is 0.00000372. The number of esters is 1. The summed E-state index contributed by atoms with van der Waals surface area (Å²) in [5.41, 5.74) is 2.29. The fourth-order valence-electron chi connectivity index (χ4n) is 13.8. The van der Waals surface area contributed by atoms with Gasteiger partial charge in [0.2, 0.25) is 5.91 Å². The van der Waals surface area contributed by atoms with Crippen LogP contribution in [0.5, 0.6) is 0 Å². The second-order valence-electron chi connectivity index (χ2n) is 20.0. The van der Waals surface area contributed by atoms with Gasteiger partial charge in [-0.25, -0.2) is 0 Å². The van der Waals surface area contributed by atoms with Crippen molar-refractivity contribution < 1.29 is 42.8 Å². The van der Waals surface area contributed by atoms with Gasteiger partial charge in [0, 0.05) is 31.7 Å². The summed E-state index contributed by atoms with van der Waals surface area (Å²) in [6.45, 7) is 23.6. The number of nitrogens with zero attached hydrogens (tertiary/aromatic N) is 2. The molecular formula is C40H65IN2O3. The zero-order valence-electron chi connectivity index (χ0n) is 30.8. The van der Waals surface area contributed by atoms with E-state index in [2.05, 4.69) is 66.5 Å². The summed E-state index contributed by atoms with van der Waals surface area (Å²) >= 11 is 0. The molecule has 46 heavy (non-hydrogen) atoms. The summed E-state index contributed by atoms with van der Waals surface area (Å²) in [4.78, 5) is 29.6. The number of piperidine rings is 1. The molecule has 0 unspecified atom stereocenters. The average Bonchev–Trinajstić information content (AvgIpc) is 3.23. The zero-order valence-corrected chi connectivity index (χ0v) is 32.9. The van der Waals surface area contributed by atoms with E-state index in [0.29, 0.717) is 29.6 Å². The summed E-state index contributed by atoms with van der Waals surface area (Å²) in [7, 11) is 2.40. The minimum atomic E-state index is -0.223. The fraction of sp³-hybridized carbons (Fsp3) is 0.900. The van der Waals surface area contributed by atoms with Crippen molar-refractivity contribution in [2.45, 2.75) is 139 Å². The van der Waals surface area contributed by atoms with E-state index >= 15 is 4.79 Å². The molecule has 3 heterocycles. The maximum absolute atomic E-state index is 15.1. The van der Waals surface area contributed by atoms with Crippen molar-refractivity contribution in [1.82, 2.24) is 4.90 Å². The summed E-state index contributed by atoms with van der Waals surface area (Å²) in [5.74, 6) is 2.62. The lowest BCUT2D eigenvalue weighted by Gasteiger charge is -2.71. The summed E-state index contributed by atoms with van der Waals surface area (Å²) < 4.78 is 7.03. The number of carbonyl (C=O) groups excluding carboxylic acids is 2. The Morgan fingerprint density at radius 2 is 1.54 bits per heavy atom. The zero-order chi connectivity index (χ0) is 32.4. The van der Waals surface area contributed by atoms with Crippen LogP contribution in [0.4, 0.5) is 0 Å². The number of fused-ring (bicyclic) bond motifs is 11. The molecule has 4 saturated carbocycles. The Kier molecular flexibility index (Phi) is 8.56. The maximum Gasteiger partial charge on any atom is 0.302 e. The van der Waals surface area contributed by atoms with Crippen LogP contribution in [-0.4, -0.2) is 60.7 Å². The number of hydrogen-bond donors (Lipinski definition) is 0. The first kappa shape index (κ1) is 35.2. The number of hydrogen-bond acceptors (Lipinski definition) is 3. The van der Waals surface area contributed by atoms with E-state index in [0.717, 1.165) is 62.6 Å². The van der Waals surface area contributed by atoms with Crippen LogP contribution < -0.4 is 24.0 Å². The van der Waals surface area contributed by atoms with Crippen molar-refractivity contribution in [2.75, 3.05) is 33.4 Å². The Morgan fingerprint density at radius 3 is 2.22 bits per heavy atom. The lowest BCUT2D eigenvalue weighted by Crippen LogP contribution is -3.00. The number of ether oxygens (including phenoxy) is 1. The molecule has 0 radical (unpaired) electrons. The van der Waals surface area contributed by atoms with Gasteiger partial charge in [0.15, 0.2) is 6.67 Å². The minimum absolute atomic E-state index is 0. The number of halogens is 1. The first-order chi connectivity index (χ1) is 20.9. The topological polar surface area (TPSA) is 46.6 Å². The lowest BCUT2D eigenvalue weighted by molar-refractivity contribution is -0.919. The molecule has 8 atom stereocenters. The van der Waals surface area contributed by atoms with E-state index < -0.39 is 0 Å². The third-order valence-electron chi connectivity index (χ3n) is 16.7. The average molecular weight is 749 g/mol. The molecule has 5 aliphatic carbocycles. The van der Waals surface area contributed by atoms with Gasteiger partial charge in [-0.05, 0) is 110 Å². The quantitative estimate of drug-likeness (QED) is 0.165. The molecule has 0 N–H and O–H groups in total. The van der Waals surface area contributed by atoms with E-state index in [4.69, 9.17) is 4.74 Å². The van der Waals surface area contributed by atoms with Gasteiger partial charge < -0.3 is 33.2 Å². The van der Waals surface area contributed by atoms with Gasteiger partial charge in [-0.15, -0.1) is 0 Å². The summed E-state index contributed by atoms with van der Waals surface area (Å²) in [6.07, 6.45) is 16.6. The van der Waals surface area contributed by atoms with Gasteiger partial charge in [0.05, 0.1) is 25.6 Å². The molecule has 7 fully saturated rings. The minimum Gasteiger partial charge on any atom is -1.00 e. The second kappa shape index (κ2) is 11.2. The summed E-state index contributed by atoms with van der Waals surface area (Å²) in [6, 6.07) is 0. The third kappa shape index (κ3) is 4.95. The third-order valence-corrected chi connectivity index (χ3v) is 16.7. The molecule has 3 aliphatic heterocycles. The van der Waals surface area contributed by atoms with Crippen LogP contribution in [0.2, 0.25) is 0 Å². The van der Waals surface area contributed by atoms with E-state index in [1.807, 2.05) is 0 Å². The van der Waals surface area contributed by atoms with Gasteiger partial charge >= 0.3 is 5.97 Å². The normalized spacial score (nSPS) is 48.7. The van der Waals surface area contributed by atoms with E-state index in [-0.39, 0.29) is 68.5 Å². The molecule has 5 nitrogen and oxygen atoms in total. The van der Waals surface area contributed by atoms with Crippen molar-refractivity contribution in [2.24, 2.45) is 56.2 Å². The molecule has 0 aromatic heterocycles. The molecule has 6 heteroatoms. The highest BCUT2D eigenvalue weighted by molar-refractivity contribution is 5.84.